The number of likely N-dealkylation sites (tertiary alicyclic amines) is 1. The van der Waals surface area contributed by atoms with Gasteiger partial charge in [0.05, 0.1) is 13.2 Å². The lowest BCUT2D eigenvalue weighted by atomic mass is 9.71. The number of nitrogens with zero attached hydrogens (tertiary/aromatic N) is 1. The van der Waals surface area contributed by atoms with Gasteiger partial charge in [-0.25, -0.2) is 0 Å². The molecule has 1 aromatic carbocycles. The summed E-state index contributed by atoms with van der Waals surface area (Å²) in [6, 6.07) is 8.62. The Morgan fingerprint density at radius 3 is 2.25 bits per heavy atom. The monoisotopic (exact) mass is 327 g/mol. The third-order valence-corrected chi connectivity index (χ3v) is 5.39. The van der Waals surface area contributed by atoms with E-state index in [0.717, 1.165) is 25.2 Å². The van der Waals surface area contributed by atoms with Gasteiger partial charge in [-0.05, 0) is 64.2 Å². The largest absolute Gasteiger partial charge is 0.491 e. The second-order valence-corrected chi connectivity index (χ2v) is 8.36. The standard InChI is InChI=1S/C21H29NO2/c1-6-11-22-20(2,3)12-17(13-21(22,4)5)16-7-9-18(10-8-16)23-14-19-15-24-19/h1,7-10,17,19H,11-15H2,2-5H3. The Labute approximate surface area is 146 Å². The zero-order valence-electron chi connectivity index (χ0n) is 15.3. The predicted molar refractivity (Wildman–Crippen MR) is 97.3 cm³/mol. The summed E-state index contributed by atoms with van der Waals surface area (Å²) in [5, 5.41) is 0. The molecular formula is C21H29NO2. The maximum atomic E-state index is 5.75. The predicted octanol–water partition coefficient (Wildman–Crippen LogP) is 3.83. The Hall–Kier alpha value is -1.50. The Bertz CT molecular complexity index is 590. The van der Waals surface area contributed by atoms with Gasteiger partial charge in [0.25, 0.3) is 0 Å². The molecule has 0 amide bonds. The van der Waals surface area contributed by atoms with Crippen LogP contribution in [0.5, 0.6) is 5.75 Å². The number of hydrogen-bond donors (Lipinski definition) is 0. The maximum Gasteiger partial charge on any atom is 0.119 e. The first-order chi connectivity index (χ1) is 11.3. The molecule has 3 heteroatoms. The molecule has 130 valence electrons. The van der Waals surface area contributed by atoms with E-state index in [1.807, 2.05) is 0 Å². The molecule has 1 atom stereocenters. The number of rotatable bonds is 5. The summed E-state index contributed by atoms with van der Waals surface area (Å²) < 4.78 is 10.9. The van der Waals surface area contributed by atoms with E-state index in [-0.39, 0.29) is 11.1 Å². The summed E-state index contributed by atoms with van der Waals surface area (Å²) in [6.07, 6.45) is 8.14. The van der Waals surface area contributed by atoms with Gasteiger partial charge in [-0.2, -0.15) is 0 Å². The van der Waals surface area contributed by atoms with Gasteiger partial charge in [0.15, 0.2) is 0 Å². The topological polar surface area (TPSA) is 25.0 Å². The van der Waals surface area contributed by atoms with Crippen LogP contribution in [-0.2, 0) is 4.74 Å². The number of piperidine rings is 1. The van der Waals surface area contributed by atoms with Crippen molar-refractivity contribution in [2.75, 3.05) is 19.8 Å². The van der Waals surface area contributed by atoms with Crippen LogP contribution < -0.4 is 4.74 Å². The molecule has 1 unspecified atom stereocenters. The fourth-order valence-corrected chi connectivity index (χ4v) is 4.26. The molecule has 3 nitrogen and oxygen atoms in total. The van der Waals surface area contributed by atoms with Crippen molar-refractivity contribution in [2.45, 2.75) is 63.6 Å². The second-order valence-electron chi connectivity index (χ2n) is 8.36. The van der Waals surface area contributed by atoms with E-state index in [0.29, 0.717) is 25.2 Å². The van der Waals surface area contributed by atoms with Crippen LogP contribution in [-0.4, -0.2) is 41.8 Å². The summed E-state index contributed by atoms with van der Waals surface area (Å²) >= 11 is 0. The van der Waals surface area contributed by atoms with Gasteiger partial charge < -0.3 is 9.47 Å². The Morgan fingerprint density at radius 2 is 1.75 bits per heavy atom. The number of benzene rings is 1. The molecule has 0 aromatic heterocycles. The normalized spacial score (nSPS) is 25.9. The van der Waals surface area contributed by atoms with Crippen molar-refractivity contribution < 1.29 is 9.47 Å². The summed E-state index contributed by atoms with van der Waals surface area (Å²) in [7, 11) is 0. The quantitative estimate of drug-likeness (QED) is 0.607. The third-order valence-electron chi connectivity index (χ3n) is 5.39. The van der Waals surface area contributed by atoms with Crippen LogP contribution in [0.3, 0.4) is 0 Å². The van der Waals surface area contributed by atoms with Crippen molar-refractivity contribution in [2.24, 2.45) is 0 Å². The average Bonchev–Trinajstić information content (AvgIpc) is 3.33. The van der Waals surface area contributed by atoms with E-state index in [9.17, 15) is 0 Å². The molecule has 24 heavy (non-hydrogen) atoms. The van der Waals surface area contributed by atoms with Gasteiger partial charge in [-0.15, -0.1) is 6.42 Å². The van der Waals surface area contributed by atoms with Crippen LogP contribution >= 0.6 is 0 Å². The fraction of sp³-hybridized carbons (Fsp3) is 0.619. The van der Waals surface area contributed by atoms with E-state index >= 15 is 0 Å². The fourth-order valence-electron chi connectivity index (χ4n) is 4.26. The first kappa shape index (κ1) is 17.3. The number of terminal acetylenes is 1. The van der Waals surface area contributed by atoms with Crippen LogP contribution in [0.25, 0.3) is 0 Å². The van der Waals surface area contributed by atoms with Gasteiger partial charge in [0.1, 0.15) is 18.5 Å². The minimum absolute atomic E-state index is 0.0945. The van der Waals surface area contributed by atoms with E-state index in [1.54, 1.807) is 0 Å². The maximum absolute atomic E-state index is 5.75. The molecule has 0 saturated carbocycles. The van der Waals surface area contributed by atoms with Crippen molar-refractivity contribution in [3.63, 3.8) is 0 Å². The molecule has 2 saturated heterocycles. The van der Waals surface area contributed by atoms with Crippen LogP contribution in [0.4, 0.5) is 0 Å². The van der Waals surface area contributed by atoms with E-state index < -0.39 is 0 Å². The lowest BCUT2D eigenvalue weighted by Crippen LogP contribution is -2.60. The van der Waals surface area contributed by atoms with Crippen molar-refractivity contribution in [1.29, 1.82) is 0 Å². The highest BCUT2D eigenvalue weighted by Crippen LogP contribution is 2.45. The molecule has 1 aromatic rings. The molecule has 2 fully saturated rings. The Morgan fingerprint density at radius 1 is 1.17 bits per heavy atom. The van der Waals surface area contributed by atoms with Gasteiger partial charge in [-0.3, -0.25) is 4.90 Å². The van der Waals surface area contributed by atoms with Crippen LogP contribution in [0.1, 0.15) is 52.0 Å². The minimum atomic E-state index is 0.0945. The number of ether oxygens (including phenoxy) is 2. The van der Waals surface area contributed by atoms with Gasteiger partial charge in [0, 0.05) is 11.1 Å². The molecule has 2 heterocycles. The summed E-state index contributed by atoms with van der Waals surface area (Å²) in [4.78, 5) is 2.48. The van der Waals surface area contributed by atoms with Gasteiger partial charge in [-0.1, -0.05) is 18.1 Å². The summed E-state index contributed by atoms with van der Waals surface area (Å²) in [5.41, 5.74) is 1.58. The summed E-state index contributed by atoms with van der Waals surface area (Å²) in [5.74, 6) is 4.31. The highest BCUT2D eigenvalue weighted by molar-refractivity contribution is 5.31. The average molecular weight is 327 g/mol. The lowest BCUT2D eigenvalue weighted by molar-refractivity contribution is -0.0246. The molecule has 3 rings (SSSR count). The second kappa shape index (κ2) is 6.43. The first-order valence-corrected chi connectivity index (χ1v) is 8.87. The van der Waals surface area contributed by atoms with Crippen LogP contribution in [0.2, 0.25) is 0 Å². The first-order valence-electron chi connectivity index (χ1n) is 8.87. The van der Waals surface area contributed by atoms with Crippen molar-refractivity contribution in [1.82, 2.24) is 4.90 Å². The molecule has 0 N–H and O–H groups in total. The van der Waals surface area contributed by atoms with Crippen molar-refractivity contribution >= 4 is 0 Å². The Balaban J connectivity index is 1.71. The zero-order valence-corrected chi connectivity index (χ0v) is 15.3. The highest BCUT2D eigenvalue weighted by Gasteiger charge is 2.45. The lowest BCUT2D eigenvalue weighted by Gasteiger charge is -2.55. The molecule has 2 aliphatic heterocycles. The van der Waals surface area contributed by atoms with Gasteiger partial charge in [0.2, 0.25) is 0 Å². The van der Waals surface area contributed by atoms with Crippen molar-refractivity contribution in [3.8, 4) is 18.1 Å². The van der Waals surface area contributed by atoms with E-state index in [2.05, 4.69) is 62.8 Å². The number of epoxide rings is 1. The molecule has 0 spiro atoms. The van der Waals surface area contributed by atoms with Crippen LogP contribution in [0.15, 0.2) is 24.3 Å². The third kappa shape index (κ3) is 3.77. The van der Waals surface area contributed by atoms with Crippen LogP contribution in [0, 0.1) is 12.3 Å². The Kier molecular flexibility index (Phi) is 4.64. The van der Waals surface area contributed by atoms with Crippen molar-refractivity contribution in [3.05, 3.63) is 29.8 Å². The highest BCUT2D eigenvalue weighted by atomic mass is 16.6. The molecular weight excluding hydrogens is 298 g/mol. The number of hydrogen-bond acceptors (Lipinski definition) is 3. The zero-order chi connectivity index (χ0) is 17.4. The summed E-state index contributed by atoms with van der Waals surface area (Å²) in [6.45, 7) is 11.4. The van der Waals surface area contributed by atoms with Gasteiger partial charge >= 0.3 is 0 Å². The minimum Gasteiger partial charge on any atom is -0.491 e. The van der Waals surface area contributed by atoms with E-state index in [1.165, 1.54) is 5.56 Å². The molecule has 2 aliphatic rings. The molecule has 0 bridgehead atoms. The SMILES string of the molecule is C#CCN1C(C)(C)CC(c2ccc(OCC3CO3)cc2)CC1(C)C. The smallest absolute Gasteiger partial charge is 0.119 e. The molecule has 0 aliphatic carbocycles. The van der Waals surface area contributed by atoms with E-state index in [4.69, 9.17) is 15.9 Å². The molecule has 0 radical (unpaired) electrons.